The summed E-state index contributed by atoms with van der Waals surface area (Å²) < 4.78 is 3.93. The summed E-state index contributed by atoms with van der Waals surface area (Å²) in [5.74, 6) is -1.48. The van der Waals surface area contributed by atoms with Gasteiger partial charge in [-0.2, -0.15) is 4.37 Å². The predicted molar refractivity (Wildman–Crippen MR) is 69.9 cm³/mol. The lowest BCUT2D eigenvalue weighted by atomic mass is 9.93. The Labute approximate surface area is 109 Å². The highest BCUT2D eigenvalue weighted by Gasteiger charge is 2.31. The third-order valence-corrected chi connectivity index (χ3v) is 3.87. The molecule has 18 heavy (non-hydrogen) atoms. The van der Waals surface area contributed by atoms with Crippen molar-refractivity contribution < 1.29 is 14.7 Å². The molecular formula is C11H17N3O3S. The summed E-state index contributed by atoms with van der Waals surface area (Å²) in [7, 11) is 0. The Morgan fingerprint density at radius 2 is 2.00 bits per heavy atom. The zero-order valence-electron chi connectivity index (χ0n) is 10.6. The summed E-state index contributed by atoms with van der Waals surface area (Å²) in [6.07, 6.45) is 0.963. The molecule has 0 aliphatic rings. The van der Waals surface area contributed by atoms with Gasteiger partial charge in [0.25, 0.3) is 0 Å². The molecular weight excluding hydrogens is 254 g/mol. The quantitative estimate of drug-likeness (QED) is 0.754. The van der Waals surface area contributed by atoms with Crippen LogP contribution in [0.1, 0.15) is 42.7 Å². The largest absolute Gasteiger partial charge is 0.478 e. The zero-order valence-corrected chi connectivity index (χ0v) is 11.4. The number of amides is 1. The van der Waals surface area contributed by atoms with Crippen LogP contribution >= 0.6 is 11.5 Å². The molecule has 1 aromatic heterocycles. The van der Waals surface area contributed by atoms with Crippen molar-refractivity contribution in [1.29, 1.82) is 0 Å². The van der Waals surface area contributed by atoms with Crippen molar-refractivity contribution in [2.75, 3.05) is 5.32 Å². The van der Waals surface area contributed by atoms with E-state index < -0.39 is 11.5 Å². The fourth-order valence-corrected chi connectivity index (χ4v) is 2.29. The molecule has 1 rings (SSSR count). The summed E-state index contributed by atoms with van der Waals surface area (Å²) in [6, 6.07) is 0. The maximum Gasteiger partial charge on any atom is 0.340 e. The van der Waals surface area contributed by atoms with Gasteiger partial charge in [0.1, 0.15) is 10.6 Å². The fraction of sp³-hybridized carbons (Fsp3) is 0.545. The van der Waals surface area contributed by atoms with Crippen molar-refractivity contribution in [2.24, 2.45) is 5.73 Å². The average molecular weight is 271 g/mol. The van der Waals surface area contributed by atoms with E-state index in [1.807, 2.05) is 13.8 Å². The first-order valence-corrected chi connectivity index (χ1v) is 6.43. The summed E-state index contributed by atoms with van der Waals surface area (Å²) in [4.78, 5) is 23.1. The van der Waals surface area contributed by atoms with Gasteiger partial charge >= 0.3 is 5.97 Å². The normalized spacial score (nSPS) is 11.3. The highest BCUT2D eigenvalue weighted by molar-refractivity contribution is 7.11. The van der Waals surface area contributed by atoms with Crippen LogP contribution in [0.3, 0.4) is 0 Å². The van der Waals surface area contributed by atoms with Crippen LogP contribution in [0.5, 0.6) is 0 Å². The number of hydrogen-bond acceptors (Lipinski definition) is 5. The number of nitrogens with two attached hydrogens (primary N) is 1. The van der Waals surface area contributed by atoms with Gasteiger partial charge < -0.3 is 16.2 Å². The summed E-state index contributed by atoms with van der Waals surface area (Å²) in [6.45, 7) is 5.23. The maximum atomic E-state index is 12.0. The molecule has 4 N–H and O–H groups in total. The van der Waals surface area contributed by atoms with Gasteiger partial charge in [-0.25, -0.2) is 4.79 Å². The Kier molecular flexibility index (Phi) is 4.42. The monoisotopic (exact) mass is 271 g/mol. The second-order valence-electron chi connectivity index (χ2n) is 4.09. The Morgan fingerprint density at radius 1 is 1.44 bits per heavy atom. The predicted octanol–water partition coefficient (Wildman–Crippen LogP) is 1.61. The Morgan fingerprint density at radius 3 is 2.44 bits per heavy atom. The average Bonchev–Trinajstić information content (AvgIpc) is 2.69. The number of anilines is 1. The van der Waals surface area contributed by atoms with Crippen molar-refractivity contribution in [3.05, 3.63) is 11.3 Å². The standard InChI is InChI=1S/C11H17N3O3S/c1-4-11(12,5-2)10(17)13-8-7(9(15)16)6(3)14-18-8/h4-5,12H2,1-3H3,(H,13,17)(H,15,16). The summed E-state index contributed by atoms with van der Waals surface area (Å²) in [5, 5.41) is 11.9. The van der Waals surface area contributed by atoms with Crippen LogP contribution in [0.15, 0.2) is 0 Å². The number of nitrogens with one attached hydrogen (secondary N) is 1. The molecule has 0 aromatic carbocycles. The second-order valence-corrected chi connectivity index (χ2v) is 4.87. The first-order valence-electron chi connectivity index (χ1n) is 5.65. The molecule has 100 valence electrons. The van der Waals surface area contributed by atoms with E-state index >= 15 is 0 Å². The molecule has 1 amide bonds. The first-order chi connectivity index (χ1) is 8.35. The minimum atomic E-state index is -1.10. The van der Waals surface area contributed by atoms with Crippen LogP contribution in [0, 0.1) is 6.92 Å². The summed E-state index contributed by atoms with van der Waals surface area (Å²) >= 11 is 0.952. The fourth-order valence-electron chi connectivity index (χ4n) is 1.51. The number of carboxylic acids is 1. The molecule has 0 bridgehead atoms. The van der Waals surface area contributed by atoms with E-state index in [1.165, 1.54) is 0 Å². The number of aromatic nitrogens is 1. The lowest BCUT2D eigenvalue weighted by molar-refractivity contribution is -0.121. The number of carboxylic acid groups (broad SMARTS) is 1. The molecule has 6 nitrogen and oxygen atoms in total. The molecule has 0 fully saturated rings. The zero-order chi connectivity index (χ0) is 13.9. The second kappa shape index (κ2) is 5.45. The van der Waals surface area contributed by atoms with Crippen molar-refractivity contribution in [1.82, 2.24) is 4.37 Å². The molecule has 0 unspecified atom stereocenters. The molecule has 0 spiro atoms. The Bertz CT molecular complexity index is 466. The number of carbonyl (C=O) groups is 2. The Balaban J connectivity index is 2.99. The number of hydrogen-bond donors (Lipinski definition) is 3. The van der Waals surface area contributed by atoms with Crippen molar-refractivity contribution in [3.63, 3.8) is 0 Å². The number of carbonyl (C=O) groups excluding carboxylic acids is 1. The molecule has 0 aliphatic heterocycles. The molecule has 0 radical (unpaired) electrons. The van der Waals surface area contributed by atoms with Crippen LogP contribution in [0.4, 0.5) is 5.00 Å². The highest BCUT2D eigenvalue weighted by atomic mass is 32.1. The van der Waals surface area contributed by atoms with E-state index in [2.05, 4.69) is 9.69 Å². The van der Waals surface area contributed by atoms with E-state index in [-0.39, 0.29) is 16.5 Å². The van der Waals surface area contributed by atoms with Crippen LogP contribution in [0.2, 0.25) is 0 Å². The van der Waals surface area contributed by atoms with Gasteiger partial charge in [0.05, 0.1) is 11.2 Å². The number of aromatic carboxylic acids is 1. The third-order valence-electron chi connectivity index (χ3n) is 3.02. The SMILES string of the molecule is CCC(N)(CC)C(=O)Nc1snc(C)c1C(=O)O. The third kappa shape index (κ3) is 2.68. The lowest BCUT2D eigenvalue weighted by Crippen LogP contribution is -2.50. The van der Waals surface area contributed by atoms with Gasteiger partial charge in [0.15, 0.2) is 0 Å². The summed E-state index contributed by atoms with van der Waals surface area (Å²) in [5.41, 5.74) is 5.39. The van der Waals surface area contributed by atoms with E-state index in [1.54, 1.807) is 6.92 Å². The highest BCUT2D eigenvalue weighted by Crippen LogP contribution is 2.26. The van der Waals surface area contributed by atoms with Crippen LogP contribution in [-0.4, -0.2) is 26.9 Å². The number of nitrogens with zero attached hydrogens (tertiary/aromatic N) is 1. The molecule has 0 saturated carbocycles. The minimum Gasteiger partial charge on any atom is -0.478 e. The van der Waals surface area contributed by atoms with Crippen LogP contribution in [0.25, 0.3) is 0 Å². The molecule has 1 aromatic rings. The van der Waals surface area contributed by atoms with Crippen LogP contribution < -0.4 is 11.1 Å². The van der Waals surface area contributed by atoms with E-state index in [4.69, 9.17) is 10.8 Å². The van der Waals surface area contributed by atoms with E-state index in [0.717, 1.165) is 11.5 Å². The smallest absolute Gasteiger partial charge is 0.340 e. The number of aryl methyl sites for hydroxylation is 1. The van der Waals surface area contributed by atoms with Gasteiger partial charge in [0, 0.05) is 0 Å². The van der Waals surface area contributed by atoms with Crippen molar-refractivity contribution >= 4 is 28.4 Å². The molecule has 0 aliphatic carbocycles. The minimum absolute atomic E-state index is 0.0305. The van der Waals surface area contributed by atoms with E-state index in [0.29, 0.717) is 18.5 Å². The Hall–Kier alpha value is -1.47. The molecule has 7 heteroatoms. The van der Waals surface area contributed by atoms with Crippen molar-refractivity contribution in [3.8, 4) is 0 Å². The van der Waals surface area contributed by atoms with Gasteiger partial charge in [-0.1, -0.05) is 13.8 Å². The maximum absolute atomic E-state index is 12.0. The molecule has 1 heterocycles. The van der Waals surface area contributed by atoms with Gasteiger partial charge in [0.2, 0.25) is 5.91 Å². The number of rotatable bonds is 5. The lowest BCUT2D eigenvalue weighted by Gasteiger charge is -2.24. The molecule has 0 atom stereocenters. The van der Waals surface area contributed by atoms with Crippen molar-refractivity contribution in [2.45, 2.75) is 39.2 Å². The van der Waals surface area contributed by atoms with Gasteiger partial charge in [-0.15, -0.1) is 0 Å². The van der Waals surface area contributed by atoms with E-state index in [9.17, 15) is 9.59 Å². The molecule has 0 saturated heterocycles. The van der Waals surface area contributed by atoms with Gasteiger partial charge in [-0.05, 0) is 31.3 Å². The van der Waals surface area contributed by atoms with Crippen LogP contribution in [-0.2, 0) is 4.79 Å². The van der Waals surface area contributed by atoms with Gasteiger partial charge in [-0.3, -0.25) is 4.79 Å². The topological polar surface area (TPSA) is 105 Å². The first kappa shape index (κ1) is 14.6.